The number of nitrogens with one attached hydrogen (secondary N) is 2. The number of para-hydroxylation sites is 1. The third kappa shape index (κ3) is 3.05. The lowest BCUT2D eigenvalue weighted by atomic mass is 9.91. The number of benzene rings is 1. The molecule has 1 aromatic carbocycles. The Hall–Kier alpha value is -1.94. The molecular formula is C17H21N3O. The predicted octanol–water partition coefficient (Wildman–Crippen LogP) is 2.50. The Bertz CT molecular complexity index is 627. The van der Waals surface area contributed by atoms with Crippen LogP contribution in [0.5, 0.6) is 0 Å². The van der Waals surface area contributed by atoms with Gasteiger partial charge in [-0.05, 0) is 44.9 Å². The largest absolute Gasteiger partial charge is 0.349 e. The summed E-state index contributed by atoms with van der Waals surface area (Å²) in [6.45, 7) is 0. The fraction of sp³-hybridized carbons (Fsp3) is 0.412. The van der Waals surface area contributed by atoms with Gasteiger partial charge >= 0.3 is 0 Å². The molecule has 0 saturated heterocycles. The van der Waals surface area contributed by atoms with E-state index in [9.17, 15) is 4.79 Å². The molecule has 21 heavy (non-hydrogen) atoms. The van der Waals surface area contributed by atoms with Crippen molar-refractivity contribution in [2.24, 2.45) is 0 Å². The van der Waals surface area contributed by atoms with Crippen LogP contribution in [0.3, 0.4) is 0 Å². The number of nitrogens with zero attached hydrogens (tertiary/aromatic N) is 1. The van der Waals surface area contributed by atoms with E-state index in [2.05, 4.69) is 15.6 Å². The summed E-state index contributed by atoms with van der Waals surface area (Å²) in [6, 6.07) is 10.5. The van der Waals surface area contributed by atoms with Crippen molar-refractivity contribution in [2.45, 2.75) is 37.8 Å². The van der Waals surface area contributed by atoms with E-state index in [0.29, 0.717) is 11.6 Å². The molecule has 0 spiro atoms. The Morgan fingerprint density at radius 1 is 1.10 bits per heavy atom. The van der Waals surface area contributed by atoms with E-state index in [0.717, 1.165) is 36.6 Å². The average Bonchev–Trinajstić information content (AvgIpc) is 2.55. The summed E-state index contributed by atoms with van der Waals surface area (Å²) in [4.78, 5) is 16.9. The van der Waals surface area contributed by atoms with Gasteiger partial charge in [0, 0.05) is 23.7 Å². The molecular weight excluding hydrogens is 262 g/mol. The van der Waals surface area contributed by atoms with Crippen LogP contribution in [0.2, 0.25) is 0 Å². The Kier molecular flexibility index (Phi) is 4.15. The van der Waals surface area contributed by atoms with Crippen LogP contribution in [-0.4, -0.2) is 30.0 Å². The summed E-state index contributed by atoms with van der Waals surface area (Å²) in [5.41, 5.74) is 1.45. The van der Waals surface area contributed by atoms with E-state index in [1.54, 1.807) is 6.20 Å². The molecule has 2 N–H and O–H groups in total. The molecule has 0 aliphatic heterocycles. The third-order valence-electron chi connectivity index (χ3n) is 4.35. The molecule has 0 radical (unpaired) electrons. The van der Waals surface area contributed by atoms with Gasteiger partial charge in [0.1, 0.15) is 0 Å². The van der Waals surface area contributed by atoms with E-state index in [1.165, 1.54) is 0 Å². The number of fused-ring (bicyclic) bond motifs is 1. The lowest BCUT2D eigenvalue weighted by Gasteiger charge is -2.28. The van der Waals surface area contributed by atoms with Crippen molar-refractivity contribution in [2.75, 3.05) is 7.05 Å². The molecule has 1 aliphatic carbocycles. The van der Waals surface area contributed by atoms with E-state index in [4.69, 9.17) is 0 Å². The zero-order valence-electron chi connectivity index (χ0n) is 12.3. The Labute approximate surface area is 125 Å². The van der Waals surface area contributed by atoms with E-state index in [1.807, 2.05) is 37.4 Å². The van der Waals surface area contributed by atoms with Crippen LogP contribution < -0.4 is 10.6 Å². The van der Waals surface area contributed by atoms with Crippen LogP contribution in [0.4, 0.5) is 0 Å². The van der Waals surface area contributed by atoms with Crippen molar-refractivity contribution in [3.63, 3.8) is 0 Å². The summed E-state index contributed by atoms with van der Waals surface area (Å²) in [7, 11) is 2.01. The number of aromatic nitrogens is 1. The second-order valence-electron chi connectivity index (χ2n) is 5.69. The number of rotatable bonds is 3. The maximum absolute atomic E-state index is 12.5. The molecule has 110 valence electrons. The van der Waals surface area contributed by atoms with Gasteiger partial charge in [-0.15, -0.1) is 0 Å². The van der Waals surface area contributed by atoms with Gasteiger partial charge in [0.25, 0.3) is 5.91 Å². The van der Waals surface area contributed by atoms with Crippen LogP contribution >= 0.6 is 0 Å². The normalized spacial score (nSPS) is 22.1. The van der Waals surface area contributed by atoms with Crippen LogP contribution in [0.15, 0.2) is 36.5 Å². The van der Waals surface area contributed by atoms with Gasteiger partial charge in [0.05, 0.1) is 11.1 Å². The molecule has 0 atom stereocenters. The molecule has 1 aliphatic rings. The summed E-state index contributed by atoms with van der Waals surface area (Å²) < 4.78 is 0. The molecule has 2 aromatic rings. The Morgan fingerprint density at radius 3 is 2.57 bits per heavy atom. The molecule has 1 aromatic heterocycles. The van der Waals surface area contributed by atoms with Gasteiger partial charge in [-0.3, -0.25) is 9.78 Å². The zero-order valence-corrected chi connectivity index (χ0v) is 12.3. The van der Waals surface area contributed by atoms with Crippen LogP contribution in [0.1, 0.15) is 36.0 Å². The number of carbonyl (C=O) groups excluding carboxylic acids is 1. The van der Waals surface area contributed by atoms with Crippen molar-refractivity contribution in [3.8, 4) is 0 Å². The van der Waals surface area contributed by atoms with Crippen molar-refractivity contribution < 1.29 is 4.79 Å². The van der Waals surface area contributed by atoms with Crippen molar-refractivity contribution in [1.29, 1.82) is 0 Å². The minimum Gasteiger partial charge on any atom is -0.349 e. The molecule has 1 saturated carbocycles. The molecule has 1 amide bonds. The molecule has 0 bridgehead atoms. The van der Waals surface area contributed by atoms with Gasteiger partial charge in [0.15, 0.2) is 0 Å². The summed E-state index contributed by atoms with van der Waals surface area (Å²) in [6.07, 6.45) is 6.05. The van der Waals surface area contributed by atoms with E-state index < -0.39 is 0 Å². The Balaban J connectivity index is 1.73. The van der Waals surface area contributed by atoms with Gasteiger partial charge < -0.3 is 10.6 Å². The van der Waals surface area contributed by atoms with E-state index in [-0.39, 0.29) is 11.9 Å². The number of pyridine rings is 1. The highest BCUT2D eigenvalue weighted by Crippen LogP contribution is 2.20. The maximum Gasteiger partial charge on any atom is 0.253 e. The molecule has 4 nitrogen and oxygen atoms in total. The van der Waals surface area contributed by atoms with Crippen LogP contribution in [0, 0.1) is 0 Å². The molecule has 0 unspecified atom stereocenters. The first kappa shape index (κ1) is 14.0. The van der Waals surface area contributed by atoms with Crippen molar-refractivity contribution in [1.82, 2.24) is 15.6 Å². The number of carbonyl (C=O) groups is 1. The lowest BCUT2D eigenvalue weighted by Crippen LogP contribution is -2.41. The number of amides is 1. The SMILES string of the molecule is CNC1CCC(NC(=O)c2cccc3cccnc23)CC1. The minimum absolute atomic E-state index is 0.00722. The quantitative estimate of drug-likeness (QED) is 0.910. The van der Waals surface area contributed by atoms with Crippen LogP contribution in [-0.2, 0) is 0 Å². The molecule has 4 heteroatoms. The minimum atomic E-state index is -0.00722. The fourth-order valence-corrected chi connectivity index (χ4v) is 3.08. The summed E-state index contributed by atoms with van der Waals surface area (Å²) >= 11 is 0. The monoisotopic (exact) mass is 283 g/mol. The van der Waals surface area contributed by atoms with Gasteiger partial charge in [-0.25, -0.2) is 0 Å². The fourth-order valence-electron chi connectivity index (χ4n) is 3.08. The second kappa shape index (κ2) is 6.22. The molecule has 3 rings (SSSR count). The summed E-state index contributed by atoms with van der Waals surface area (Å²) in [5, 5.41) is 7.48. The van der Waals surface area contributed by atoms with Crippen molar-refractivity contribution in [3.05, 3.63) is 42.1 Å². The van der Waals surface area contributed by atoms with Gasteiger partial charge in [0.2, 0.25) is 0 Å². The van der Waals surface area contributed by atoms with E-state index >= 15 is 0 Å². The van der Waals surface area contributed by atoms with Crippen molar-refractivity contribution >= 4 is 16.8 Å². The predicted molar refractivity (Wildman–Crippen MR) is 84.3 cm³/mol. The highest BCUT2D eigenvalue weighted by molar-refractivity contribution is 6.05. The first-order valence-electron chi connectivity index (χ1n) is 7.60. The number of hydrogen-bond acceptors (Lipinski definition) is 3. The standard InChI is InChI=1S/C17H21N3O/c1-18-13-7-9-14(10-8-13)20-17(21)15-6-2-4-12-5-3-11-19-16(12)15/h2-6,11,13-14,18H,7-10H2,1H3,(H,20,21). The summed E-state index contributed by atoms with van der Waals surface area (Å²) in [5.74, 6) is -0.00722. The smallest absolute Gasteiger partial charge is 0.253 e. The Morgan fingerprint density at radius 2 is 1.81 bits per heavy atom. The average molecular weight is 283 g/mol. The van der Waals surface area contributed by atoms with Gasteiger partial charge in [-0.2, -0.15) is 0 Å². The molecule has 1 fully saturated rings. The first-order valence-corrected chi connectivity index (χ1v) is 7.60. The second-order valence-corrected chi connectivity index (χ2v) is 5.69. The topological polar surface area (TPSA) is 54.0 Å². The highest BCUT2D eigenvalue weighted by atomic mass is 16.1. The maximum atomic E-state index is 12.5. The lowest BCUT2D eigenvalue weighted by molar-refractivity contribution is 0.0926. The number of hydrogen-bond donors (Lipinski definition) is 2. The van der Waals surface area contributed by atoms with Crippen LogP contribution in [0.25, 0.3) is 10.9 Å². The zero-order chi connectivity index (χ0) is 14.7. The third-order valence-corrected chi connectivity index (χ3v) is 4.35. The highest BCUT2D eigenvalue weighted by Gasteiger charge is 2.22. The van der Waals surface area contributed by atoms with Gasteiger partial charge in [-0.1, -0.05) is 18.2 Å². The molecule has 1 heterocycles. The first-order chi connectivity index (χ1) is 10.3.